The van der Waals surface area contributed by atoms with Gasteiger partial charge >= 0.3 is 11.9 Å². The Hall–Kier alpha value is -3.28. The molecule has 4 rings (SSSR count). The molecule has 0 aromatic heterocycles. The number of hydrogen-bond donors (Lipinski definition) is 0. The van der Waals surface area contributed by atoms with Crippen LogP contribution in [0.3, 0.4) is 0 Å². The van der Waals surface area contributed by atoms with Gasteiger partial charge in [-0.25, -0.2) is 9.59 Å². The largest absolute Gasteiger partial charge is 0.489 e. The molecule has 4 atom stereocenters. The Labute approximate surface area is 200 Å². The Kier molecular flexibility index (Phi) is 6.96. The van der Waals surface area contributed by atoms with Crippen LogP contribution in [-0.4, -0.2) is 37.4 Å². The van der Waals surface area contributed by atoms with Gasteiger partial charge in [-0.2, -0.15) is 0 Å². The lowest BCUT2D eigenvalue weighted by molar-refractivity contribution is -0.144. The minimum Gasteiger partial charge on any atom is -0.489 e. The molecule has 180 valence electrons. The van der Waals surface area contributed by atoms with E-state index >= 15 is 0 Å². The molecule has 2 aromatic rings. The van der Waals surface area contributed by atoms with E-state index in [2.05, 4.69) is 38.3 Å². The number of benzene rings is 2. The number of esters is 2. The zero-order valence-electron chi connectivity index (χ0n) is 20.1. The Balaban J connectivity index is 1.72. The quantitative estimate of drug-likeness (QED) is 0.341. The maximum atomic E-state index is 11.6. The molecule has 0 N–H and O–H groups in total. The third kappa shape index (κ3) is 4.67. The second-order valence-electron chi connectivity index (χ2n) is 9.27. The van der Waals surface area contributed by atoms with Crippen molar-refractivity contribution < 1.29 is 28.5 Å². The van der Waals surface area contributed by atoms with Crippen LogP contribution in [0.2, 0.25) is 0 Å². The van der Waals surface area contributed by atoms with Gasteiger partial charge in [0.1, 0.15) is 36.9 Å². The zero-order chi connectivity index (χ0) is 24.4. The van der Waals surface area contributed by atoms with Gasteiger partial charge in [0, 0.05) is 34.1 Å². The van der Waals surface area contributed by atoms with E-state index in [1.807, 2.05) is 13.8 Å². The van der Waals surface area contributed by atoms with Crippen LogP contribution in [0.1, 0.15) is 61.6 Å². The second kappa shape index (κ2) is 9.92. The molecular formula is C28H32O6. The lowest BCUT2D eigenvalue weighted by Gasteiger charge is -2.26. The van der Waals surface area contributed by atoms with Crippen LogP contribution in [0.25, 0.3) is 10.8 Å². The highest BCUT2D eigenvalue weighted by molar-refractivity contribution is 5.97. The first-order chi connectivity index (χ1) is 16.3. The van der Waals surface area contributed by atoms with Crippen LogP contribution in [0.5, 0.6) is 11.5 Å². The molecule has 1 saturated carbocycles. The number of rotatable bonds is 10. The summed E-state index contributed by atoms with van der Waals surface area (Å²) in [5.41, 5.74) is 3.54. The number of fused-ring (bicyclic) bond motifs is 6. The highest BCUT2D eigenvalue weighted by atomic mass is 16.6. The molecule has 6 nitrogen and oxygen atoms in total. The average Bonchev–Trinajstić information content (AvgIpc) is 3.43. The van der Waals surface area contributed by atoms with Crippen LogP contribution in [0.4, 0.5) is 0 Å². The molecule has 0 heterocycles. The molecule has 2 aliphatic carbocycles. The fourth-order valence-electron chi connectivity index (χ4n) is 5.17. The van der Waals surface area contributed by atoms with E-state index in [4.69, 9.17) is 18.9 Å². The molecule has 4 unspecified atom stereocenters. The van der Waals surface area contributed by atoms with Crippen LogP contribution < -0.4 is 9.47 Å². The molecule has 2 aliphatic rings. The molecule has 2 bridgehead atoms. The molecule has 34 heavy (non-hydrogen) atoms. The Morgan fingerprint density at radius 1 is 0.912 bits per heavy atom. The van der Waals surface area contributed by atoms with Gasteiger partial charge < -0.3 is 18.9 Å². The zero-order valence-corrected chi connectivity index (χ0v) is 20.1. The van der Waals surface area contributed by atoms with Crippen molar-refractivity contribution in [3.63, 3.8) is 0 Å². The number of ether oxygens (including phenoxy) is 4. The third-order valence-corrected chi connectivity index (χ3v) is 6.59. The van der Waals surface area contributed by atoms with Crippen LogP contribution >= 0.6 is 0 Å². The standard InChI is InChI=1S/C28H32O6/c1-6-23(29)33-17(4)14-31-27-21-11-8-16(3)12-22(21)28(32-15-18(5)34-24(30)7-2)26-20-10-9-19(13-20)25(26)27/h6-8,11-12,17-20H,1-2,9-10,13-15H2,3-5H3. The summed E-state index contributed by atoms with van der Waals surface area (Å²) in [4.78, 5) is 23.2. The van der Waals surface area contributed by atoms with E-state index in [-0.39, 0.29) is 13.2 Å². The summed E-state index contributed by atoms with van der Waals surface area (Å²) in [6, 6.07) is 6.25. The van der Waals surface area contributed by atoms with Gasteiger partial charge in [0.25, 0.3) is 0 Å². The molecule has 6 heteroatoms. The van der Waals surface area contributed by atoms with Crippen molar-refractivity contribution in [2.24, 2.45) is 0 Å². The van der Waals surface area contributed by atoms with Gasteiger partial charge in [-0.1, -0.05) is 30.9 Å². The fourth-order valence-corrected chi connectivity index (χ4v) is 5.17. The predicted octanol–water partition coefficient (Wildman–Crippen LogP) is 5.51. The van der Waals surface area contributed by atoms with Gasteiger partial charge in [0.2, 0.25) is 0 Å². The Morgan fingerprint density at radius 3 is 1.91 bits per heavy atom. The maximum Gasteiger partial charge on any atom is 0.330 e. The highest BCUT2D eigenvalue weighted by Gasteiger charge is 2.43. The average molecular weight is 465 g/mol. The summed E-state index contributed by atoms with van der Waals surface area (Å²) in [6.45, 7) is 13.1. The molecule has 1 fully saturated rings. The summed E-state index contributed by atoms with van der Waals surface area (Å²) in [5, 5.41) is 1.96. The van der Waals surface area contributed by atoms with Gasteiger partial charge in [-0.15, -0.1) is 0 Å². The molecule has 0 aliphatic heterocycles. The van der Waals surface area contributed by atoms with E-state index in [9.17, 15) is 9.59 Å². The van der Waals surface area contributed by atoms with Crippen LogP contribution in [0, 0.1) is 6.92 Å². The lowest BCUT2D eigenvalue weighted by atomic mass is 9.87. The minimum absolute atomic E-state index is 0.251. The van der Waals surface area contributed by atoms with Gasteiger partial charge in [-0.3, -0.25) is 0 Å². The predicted molar refractivity (Wildman–Crippen MR) is 131 cm³/mol. The van der Waals surface area contributed by atoms with Gasteiger partial charge in [-0.05, 0) is 57.9 Å². The van der Waals surface area contributed by atoms with E-state index in [1.165, 1.54) is 11.1 Å². The first kappa shape index (κ1) is 23.9. The van der Waals surface area contributed by atoms with E-state index < -0.39 is 24.1 Å². The third-order valence-electron chi connectivity index (χ3n) is 6.59. The van der Waals surface area contributed by atoms with Crippen molar-refractivity contribution in [3.8, 4) is 11.5 Å². The van der Waals surface area contributed by atoms with Crippen molar-refractivity contribution in [1.82, 2.24) is 0 Å². The highest BCUT2D eigenvalue weighted by Crippen LogP contribution is 2.61. The summed E-state index contributed by atoms with van der Waals surface area (Å²) < 4.78 is 23.4. The molecule has 2 aromatic carbocycles. The molecular weight excluding hydrogens is 432 g/mol. The molecule has 0 radical (unpaired) electrons. The minimum atomic E-state index is -0.462. The maximum absolute atomic E-state index is 11.6. The van der Waals surface area contributed by atoms with E-state index in [0.29, 0.717) is 11.8 Å². The smallest absolute Gasteiger partial charge is 0.330 e. The topological polar surface area (TPSA) is 71.1 Å². The Bertz CT molecular complexity index is 1130. The molecule has 0 saturated heterocycles. The van der Waals surface area contributed by atoms with Crippen molar-refractivity contribution in [3.05, 3.63) is 60.2 Å². The summed E-state index contributed by atoms with van der Waals surface area (Å²) in [6.07, 6.45) is 4.83. The van der Waals surface area contributed by atoms with Crippen molar-refractivity contribution in [1.29, 1.82) is 0 Å². The van der Waals surface area contributed by atoms with Crippen LogP contribution in [0.15, 0.2) is 43.5 Å². The first-order valence-electron chi connectivity index (χ1n) is 11.8. The fraction of sp³-hybridized carbons (Fsp3) is 0.429. The lowest BCUT2D eigenvalue weighted by Crippen LogP contribution is -2.22. The van der Waals surface area contributed by atoms with Crippen molar-refractivity contribution in [2.45, 2.75) is 64.1 Å². The number of hydrogen-bond acceptors (Lipinski definition) is 6. The number of aryl methyl sites for hydroxylation is 1. The van der Waals surface area contributed by atoms with E-state index in [1.54, 1.807) is 0 Å². The number of carbonyl (C=O) groups is 2. The van der Waals surface area contributed by atoms with Gasteiger partial charge in [0.05, 0.1) is 0 Å². The van der Waals surface area contributed by atoms with Crippen molar-refractivity contribution in [2.75, 3.05) is 13.2 Å². The van der Waals surface area contributed by atoms with Crippen LogP contribution in [-0.2, 0) is 19.1 Å². The van der Waals surface area contributed by atoms with Crippen molar-refractivity contribution >= 4 is 22.7 Å². The summed E-state index contributed by atoms with van der Waals surface area (Å²) in [7, 11) is 0. The normalized spacial score (nSPS) is 19.7. The molecule has 0 amide bonds. The molecule has 0 spiro atoms. The van der Waals surface area contributed by atoms with Gasteiger partial charge in [0.15, 0.2) is 0 Å². The first-order valence-corrected chi connectivity index (χ1v) is 11.8. The monoisotopic (exact) mass is 464 g/mol. The summed E-state index contributed by atoms with van der Waals surface area (Å²) in [5.74, 6) is 1.64. The second-order valence-corrected chi connectivity index (χ2v) is 9.27. The SMILES string of the molecule is C=CC(=O)OC(C)COc1c2c(c(OCC(C)OC(=O)C=C)c3cc(C)ccc13)C1CCC2C1. The summed E-state index contributed by atoms with van der Waals surface area (Å²) >= 11 is 0. The van der Waals surface area contributed by atoms with E-state index in [0.717, 1.165) is 59.2 Å². The number of carbonyl (C=O) groups excluding carboxylic acids is 2. The Morgan fingerprint density at radius 2 is 1.41 bits per heavy atom.